The Balaban J connectivity index is 4.78. The number of hydrogen-bond donors (Lipinski definition) is 3. The van der Waals surface area contributed by atoms with E-state index in [1.54, 1.807) is 0 Å². The molecule has 0 saturated carbocycles. The second-order valence-corrected chi connectivity index (χ2v) is 7.58. The molecule has 0 aliphatic heterocycles. The van der Waals surface area contributed by atoms with Crippen LogP contribution in [0.1, 0.15) is 46.5 Å². The van der Waals surface area contributed by atoms with E-state index in [1.807, 2.05) is 13.8 Å². The Morgan fingerprint density at radius 3 is 1.76 bits per heavy atom. The van der Waals surface area contributed by atoms with Crippen LogP contribution in [0.15, 0.2) is 0 Å². The van der Waals surface area contributed by atoms with Gasteiger partial charge in [0, 0.05) is 6.92 Å². The molecule has 0 aromatic rings. The Morgan fingerprint density at radius 1 is 1.00 bits per heavy atom. The zero-order valence-corrected chi connectivity index (χ0v) is 14.2. The van der Waals surface area contributed by atoms with E-state index in [9.17, 15) is 14.0 Å². The number of rotatable bonds is 12. The number of phosphoric ester groups is 2. The molecule has 0 aromatic heterocycles. The van der Waals surface area contributed by atoms with Gasteiger partial charge in [0.15, 0.2) is 0 Å². The van der Waals surface area contributed by atoms with Crippen molar-refractivity contribution in [1.82, 2.24) is 0 Å². The summed E-state index contributed by atoms with van der Waals surface area (Å²) in [6.07, 6.45) is 2.57. The zero-order chi connectivity index (χ0) is 16.6. The highest BCUT2D eigenvalue weighted by atomic mass is 31.3. The van der Waals surface area contributed by atoms with Gasteiger partial charge < -0.3 is 15.1 Å². The van der Waals surface area contributed by atoms with Crippen LogP contribution in [-0.4, -0.2) is 34.3 Å². The topological polar surface area (TPSA) is 132 Å². The van der Waals surface area contributed by atoms with Crippen molar-refractivity contribution in [3.05, 3.63) is 0 Å². The van der Waals surface area contributed by atoms with E-state index in [4.69, 9.17) is 19.3 Å². The Labute approximate surface area is 124 Å². The fourth-order valence-electron chi connectivity index (χ4n) is 1.09. The third-order valence-electron chi connectivity index (χ3n) is 1.99. The SMILES string of the molecule is CCCCOP(=O)(OCCCC)OP(=O)(O)OC(C)(O)O. The maximum absolute atomic E-state index is 12.2. The van der Waals surface area contributed by atoms with Gasteiger partial charge in [-0.1, -0.05) is 26.7 Å². The Hall–Kier alpha value is 0.180. The quantitative estimate of drug-likeness (QED) is 0.276. The average Bonchev–Trinajstić information content (AvgIpc) is 2.25. The fraction of sp³-hybridized carbons (Fsp3) is 1.00. The summed E-state index contributed by atoms with van der Waals surface area (Å²) < 4.78 is 42.0. The van der Waals surface area contributed by atoms with E-state index in [1.165, 1.54) is 0 Å². The second kappa shape index (κ2) is 9.35. The zero-order valence-electron chi connectivity index (χ0n) is 12.4. The van der Waals surface area contributed by atoms with Crippen molar-refractivity contribution < 1.29 is 42.1 Å². The minimum absolute atomic E-state index is 0.00454. The highest BCUT2D eigenvalue weighted by Gasteiger charge is 2.42. The van der Waals surface area contributed by atoms with E-state index < -0.39 is 21.6 Å². The molecular weight excluding hydrogens is 326 g/mol. The van der Waals surface area contributed by atoms with Gasteiger partial charge in [0.25, 0.3) is 5.97 Å². The van der Waals surface area contributed by atoms with E-state index in [2.05, 4.69) is 8.83 Å². The number of phosphoric acid groups is 2. The molecule has 0 fully saturated rings. The standard InChI is InChI=1S/C10H24O9P2/c1-4-6-8-16-21(15,17-9-7-5-2)19-20(13,14)18-10(3,11)12/h11-12H,4-9H2,1-3H3,(H,13,14). The minimum Gasteiger partial charge on any atom is -0.343 e. The third kappa shape index (κ3) is 11.4. The molecule has 0 saturated heterocycles. The maximum Gasteiger partial charge on any atom is 0.485 e. The predicted octanol–water partition coefficient (Wildman–Crippen LogP) is 2.52. The largest absolute Gasteiger partial charge is 0.485 e. The monoisotopic (exact) mass is 350 g/mol. The lowest BCUT2D eigenvalue weighted by Gasteiger charge is -2.23. The summed E-state index contributed by atoms with van der Waals surface area (Å²) in [4.78, 5) is 9.36. The van der Waals surface area contributed by atoms with Crippen LogP contribution in [0.3, 0.4) is 0 Å². The minimum atomic E-state index is -5.05. The van der Waals surface area contributed by atoms with Gasteiger partial charge in [-0.05, 0) is 12.8 Å². The van der Waals surface area contributed by atoms with Crippen LogP contribution in [0.2, 0.25) is 0 Å². The van der Waals surface area contributed by atoms with Crippen LogP contribution in [-0.2, 0) is 27.0 Å². The smallest absolute Gasteiger partial charge is 0.343 e. The van der Waals surface area contributed by atoms with Gasteiger partial charge in [-0.2, -0.15) is 4.31 Å². The molecular formula is C10H24O9P2. The maximum atomic E-state index is 12.2. The van der Waals surface area contributed by atoms with Gasteiger partial charge in [-0.25, -0.2) is 13.7 Å². The molecule has 0 aliphatic carbocycles. The lowest BCUT2D eigenvalue weighted by Crippen LogP contribution is -2.26. The lowest BCUT2D eigenvalue weighted by atomic mass is 10.4. The third-order valence-corrected chi connectivity index (χ3v) is 5.19. The van der Waals surface area contributed by atoms with Crippen molar-refractivity contribution in [2.75, 3.05) is 13.2 Å². The van der Waals surface area contributed by atoms with Crippen molar-refractivity contribution in [2.45, 2.75) is 52.4 Å². The number of aliphatic hydroxyl groups is 2. The molecule has 0 rings (SSSR count). The van der Waals surface area contributed by atoms with Gasteiger partial charge in [-0.15, -0.1) is 0 Å². The first-order valence-electron chi connectivity index (χ1n) is 6.62. The van der Waals surface area contributed by atoms with Crippen molar-refractivity contribution in [3.8, 4) is 0 Å². The lowest BCUT2D eigenvalue weighted by molar-refractivity contribution is -0.284. The van der Waals surface area contributed by atoms with Gasteiger partial charge in [0.05, 0.1) is 13.2 Å². The van der Waals surface area contributed by atoms with E-state index in [-0.39, 0.29) is 13.2 Å². The first-order valence-corrected chi connectivity index (χ1v) is 9.58. The molecule has 0 amide bonds. The van der Waals surface area contributed by atoms with Crippen LogP contribution in [0.5, 0.6) is 0 Å². The summed E-state index contributed by atoms with van der Waals surface area (Å²) in [5, 5.41) is 17.9. The van der Waals surface area contributed by atoms with Gasteiger partial charge in [-0.3, -0.25) is 9.05 Å². The van der Waals surface area contributed by atoms with E-state index in [0.717, 1.165) is 12.8 Å². The van der Waals surface area contributed by atoms with Crippen LogP contribution in [0.25, 0.3) is 0 Å². The summed E-state index contributed by atoms with van der Waals surface area (Å²) in [7, 11) is -9.39. The van der Waals surface area contributed by atoms with Crippen LogP contribution < -0.4 is 0 Å². The van der Waals surface area contributed by atoms with Gasteiger partial charge in [0.1, 0.15) is 0 Å². The van der Waals surface area contributed by atoms with Gasteiger partial charge >= 0.3 is 15.6 Å². The molecule has 0 aromatic carbocycles. The Bertz CT molecular complexity index is 365. The summed E-state index contributed by atoms with van der Waals surface area (Å²) in [6.45, 7) is 4.43. The fourth-order valence-corrected chi connectivity index (χ4v) is 3.83. The number of hydrogen-bond acceptors (Lipinski definition) is 8. The highest BCUT2D eigenvalue weighted by Crippen LogP contribution is 2.64. The summed E-state index contributed by atoms with van der Waals surface area (Å²) in [5.41, 5.74) is 0. The van der Waals surface area contributed by atoms with Crippen molar-refractivity contribution in [3.63, 3.8) is 0 Å². The molecule has 0 aliphatic rings. The summed E-state index contributed by atoms with van der Waals surface area (Å²) in [5.74, 6) is -2.93. The highest BCUT2D eigenvalue weighted by molar-refractivity contribution is 7.61. The molecule has 0 heterocycles. The molecule has 9 nitrogen and oxygen atoms in total. The molecule has 11 heteroatoms. The molecule has 1 atom stereocenters. The first-order chi connectivity index (χ1) is 9.54. The molecule has 128 valence electrons. The Morgan fingerprint density at radius 2 is 1.43 bits per heavy atom. The molecule has 0 spiro atoms. The van der Waals surface area contributed by atoms with E-state index in [0.29, 0.717) is 19.8 Å². The molecule has 0 radical (unpaired) electrons. The number of unbranched alkanes of at least 4 members (excludes halogenated alkanes) is 2. The Kier molecular flexibility index (Phi) is 9.43. The summed E-state index contributed by atoms with van der Waals surface area (Å²) >= 11 is 0. The van der Waals surface area contributed by atoms with E-state index >= 15 is 0 Å². The van der Waals surface area contributed by atoms with Crippen molar-refractivity contribution in [2.24, 2.45) is 0 Å². The predicted molar refractivity (Wildman–Crippen MR) is 74.2 cm³/mol. The first kappa shape index (κ1) is 21.2. The van der Waals surface area contributed by atoms with Crippen molar-refractivity contribution >= 4 is 15.6 Å². The van der Waals surface area contributed by atoms with Gasteiger partial charge in [0.2, 0.25) is 0 Å². The van der Waals surface area contributed by atoms with Crippen LogP contribution in [0.4, 0.5) is 0 Å². The summed E-state index contributed by atoms with van der Waals surface area (Å²) in [6, 6.07) is 0. The normalized spacial score (nSPS) is 15.9. The second-order valence-electron chi connectivity index (χ2n) is 4.40. The molecule has 21 heavy (non-hydrogen) atoms. The molecule has 3 N–H and O–H groups in total. The van der Waals surface area contributed by atoms with Crippen LogP contribution in [0, 0.1) is 0 Å². The average molecular weight is 350 g/mol. The molecule has 0 bridgehead atoms. The van der Waals surface area contributed by atoms with Crippen molar-refractivity contribution in [1.29, 1.82) is 0 Å². The van der Waals surface area contributed by atoms with Crippen LogP contribution >= 0.6 is 15.6 Å². The molecule has 1 unspecified atom stereocenters.